The van der Waals surface area contributed by atoms with E-state index in [9.17, 15) is 0 Å². The zero-order valence-corrected chi connectivity index (χ0v) is 16.9. The predicted molar refractivity (Wildman–Crippen MR) is 106 cm³/mol. The van der Waals surface area contributed by atoms with Gasteiger partial charge < -0.3 is 14.2 Å². The topological polar surface area (TPSA) is 58.4 Å². The Hall–Kier alpha value is -1.83. The Morgan fingerprint density at radius 1 is 1.07 bits per heavy atom. The first-order valence-electron chi connectivity index (χ1n) is 8.51. The van der Waals surface area contributed by atoms with Crippen molar-refractivity contribution in [3.63, 3.8) is 0 Å². The quantitative estimate of drug-likeness (QED) is 0.561. The molecule has 2 unspecified atom stereocenters. The van der Waals surface area contributed by atoms with Gasteiger partial charge in [0.05, 0.1) is 6.61 Å². The molecule has 2 aromatic carbocycles. The van der Waals surface area contributed by atoms with Gasteiger partial charge in [0.25, 0.3) is 0 Å². The van der Waals surface area contributed by atoms with Crippen LogP contribution in [0.1, 0.15) is 5.56 Å². The van der Waals surface area contributed by atoms with Gasteiger partial charge in [0.15, 0.2) is 0 Å². The van der Waals surface area contributed by atoms with Crippen LogP contribution in [-0.4, -0.2) is 34.1 Å². The summed E-state index contributed by atoms with van der Waals surface area (Å²) in [7, 11) is 0. The van der Waals surface area contributed by atoms with E-state index in [1.807, 2.05) is 12.1 Å². The molecule has 0 saturated carbocycles. The Bertz CT molecular complexity index is 917. The highest BCUT2D eigenvalue weighted by atomic mass is 35.5. The fraction of sp³-hybridized carbons (Fsp3) is 0.263. The Balaban J connectivity index is 1.51. The third kappa shape index (κ3) is 4.42. The third-order valence-electron chi connectivity index (χ3n) is 4.25. The highest BCUT2D eigenvalue weighted by Gasteiger charge is 2.44. The number of nitrogens with zero attached hydrogens (tertiary/aromatic N) is 3. The standard InChI is InChI=1S/C19H16Cl3N3O3/c20-14-3-1-13(2-4-14)19(10-25-12-23-11-24-25)27-9-18(28-19)8-26-17-6-15(21)5-16(22)7-17/h1-7,11-12,18H,8-10H2. The number of rotatable bonds is 6. The van der Waals surface area contributed by atoms with Gasteiger partial charge in [-0.25, -0.2) is 9.67 Å². The van der Waals surface area contributed by atoms with Crippen molar-refractivity contribution >= 4 is 34.8 Å². The second-order valence-corrected chi connectivity index (χ2v) is 7.63. The van der Waals surface area contributed by atoms with Crippen molar-refractivity contribution in [3.8, 4) is 5.75 Å². The summed E-state index contributed by atoms with van der Waals surface area (Å²) in [4.78, 5) is 3.98. The molecule has 0 radical (unpaired) electrons. The Morgan fingerprint density at radius 2 is 1.82 bits per heavy atom. The normalized spacial score (nSPS) is 21.8. The lowest BCUT2D eigenvalue weighted by molar-refractivity contribution is -0.190. The monoisotopic (exact) mass is 439 g/mol. The molecule has 1 aliphatic rings. The van der Waals surface area contributed by atoms with E-state index >= 15 is 0 Å². The highest BCUT2D eigenvalue weighted by molar-refractivity contribution is 6.34. The van der Waals surface area contributed by atoms with Crippen LogP contribution in [0.2, 0.25) is 15.1 Å². The fourth-order valence-electron chi connectivity index (χ4n) is 3.01. The summed E-state index contributed by atoms with van der Waals surface area (Å²) in [5.74, 6) is -0.445. The van der Waals surface area contributed by atoms with Gasteiger partial charge in [0, 0.05) is 20.6 Å². The van der Waals surface area contributed by atoms with Crippen molar-refractivity contribution in [1.29, 1.82) is 0 Å². The third-order valence-corrected chi connectivity index (χ3v) is 4.94. The SMILES string of the molecule is Clc1ccc(C2(Cn3cncn3)OCC(COc3cc(Cl)cc(Cl)c3)O2)cc1. The van der Waals surface area contributed by atoms with Crippen LogP contribution in [0.25, 0.3) is 0 Å². The average Bonchev–Trinajstić information content (AvgIpc) is 3.31. The summed E-state index contributed by atoms with van der Waals surface area (Å²) in [6.45, 7) is 0.975. The number of hydrogen-bond acceptors (Lipinski definition) is 5. The molecule has 3 aromatic rings. The minimum atomic E-state index is -1.02. The van der Waals surface area contributed by atoms with Gasteiger partial charge in [-0.1, -0.05) is 46.9 Å². The smallest absolute Gasteiger partial charge is 0.215 e. The van der Waals surface area contributed by atoms with Gasteiger partial charge in [0.2, 0.25) is 5.79 Å². The van der Waals surface area contributed by atoms with Crippen molar-refractivity contribution in [3.05, 3.63) is 75.8 Å². The molecule has 4 rings (SSSR count). The van der Waals surface area contributed by atoms with Crippen LogP contribution in [0.4, 0.5) is 0 Å². The molecular weight excluding hydrogens is 425 g/mol. The molecule has 6 nitrogen and oxygen atoms in total. The number of aromatic nitrogens is 3. The first kappa shape index (κ1) is 19.5. The summed E-state index contributed by atoms with van der Waals surface area (Å²) in [5, 5.41) is 5.81. The number of halogens is 3. The fourth-order valence-corrected chi connectivity index (χ4v) is 3.64. The molecular formula is C19H16Cl3N3O3. The zero-order chi connectivity index (χ0) is 19.6. The van der Waals surface area contributed by atoms with Crippen LogP contribution in [0.3, 0.4) is 0 Å². The predicted octanol–water partition coefficient (Wildman–Crippen LogP) is 4.59. The van der Waals surface area contributed by atoms with Gasteiger partial charge in [-0.05, 0) is 30.3 Å². The maximum Gasteiger partial charge on any atom is 0.215 e. The molecule has 1 aromatic heterocycles. The molecule has 1 saturated heterocycles. The largest absolute Gasteiger partial charge is 0.491 e. The molecule has 1 fully saturated rings. The minimum Gasteiger partial charge on any atom is -0.491 e. The number of hydrogen-bond donors (Lipinski definition) is 0. The van der Waals surface area contributed by atoms with Crippen molar-refractivity contribution in [2.75, 3.05) is 13.2 Å². The van der Waals surface area contributed by atoms with Crippen LogP contribution in [0.15, 0.2) is 55.1 Å². The number of ether oxygens (including phenoxy) is 3. The molecule has 0 aliphatic carbocycles. The van der Waals surface area contributed by atoms with E-state index in [2.05, 4.69) is 10.1 Å². The molecule has 0 N–H and O–H groups in total. The van der Waals surface area contributed by atoms with Gasteiger partial charge in [0.1, 0.15) is 37.7 Å². The second-order valence-electron chi connectivity index (χ2n) is 6.32. The Morgan fingerprint density at radius 3 is 2.50 bits per heavy atom. The molecule has 0 amide bonds. The van der Waals surface area contributed by atoms with Gasteiger partial charge in [-0.3, -0.25) is 0 Å². The second kappa shape index (κ2) is 8.27. The molecule has 1 aliphatic heterocycles. The van der Waals surface area contributed by atoms with Gasteiger partial charge >= 0.3 is 0 Å². The lowest BCUT2D eigenvalue weighted by atomic mass is 10.1. The van der Waals surface area contributed by atoms with E-state index in [4.69, 9.17) is 49.0 Å². The first-order valence-corrected chi connectivity index (χ1v) is 9.65. The van der Waals surface area contributed by atoms with Crippen molar-refractivity contribution in [2.24, 2.45) is 0 Å². The van der Waals surface area contributed by atoms with E-state index in [1.165, 1.54) is 6.33 Å². The summed E-state index contributed by atoms with van der Waals surface area (Å²) >= 11 is 18.1. The summed E-state index contributed by atoms with van der Waals surface area (Å²) in [5.41, 5.74) is 0.834. The summed E-state index contributed by atoms with van der Waals surface area (Å²) < 4.78 is 19.9. The Kier molecular flexibility index (Phi) is 5.75. The van der Waals surface area contributed by atoms with E-state index in [0.29, 0.717) is 34.0 Å². The van der Waals surface area contributed by atoms with Crippen molar-refractivity contribution in [1.82, 2.24) is 14.8 Å². The highest BCUT2D eigenvalue weighted by Crippen LogP contribution is 2.37. The lowest BCUT2D eigenvalue weighted by Crippen LogP contribution is -2.34. The molecule has 2 heterocycles. The first-order chi connectivity index (χ1) is 13.5. The van der Waals surface area contributed by atoms with E-state index in [0.717, 1.165) is 5.56 Å². The van der Waals surface area contributed by atoms with Crippen LogP contribution in [-0.2, 0) is 21.8 Å². The minimum absolute atomic E-state index is 0.281. The van der Waals surface area contributed by atoms with Gasteiger partial charge in [-0.15, -0.1) is 0 Å². The average molecular weight is 441 g/mol. The van der Waals surface area contributed by atoms with Crippen LogP contribution < -0.4 is 4.74 Å². The van der Waals surface area contributed by atoms with Gasteiger partial charge in [-0.2, -0.15) is 5.10 Å². The summed E-state index contributed by atoms with van der Waals surface area (Å²) in [6, 6.07) is 12.4. The van der Waals surface area contributed by atoms with E-state index in [1.54, 1.807) is 41.3 Å². The molecule has 2 atom stereocenters. The maximum atomic E-state index is 6.29. The van der Waals surface area contributed by atoms with E-state index in [-0.39, 0.29) is 12.7 Å². The van der Waals surface area contributed by atoms with E-state index < -0.39 is 5.79 Å². The van der Waals surface area contributed by atoms with Crippen molar-refractivity contribution in [2.45, 2.75) is 18.4 Å². The molecule has 0 bridgehead atoms. The van der Waals surface area contributed by atoms with Crippen LogP contribution in [0, 0.1) is 0 Å². The Labute approximate surface area is 176 Å². The molecule has 0 spiro atoms. The zero-order valence-electron chi connectivity index (χ0n) is 14.6. The lowest BCUT2D eigenvalue weighted by Gasteiger charge is -2.28. The van der Waals surface area contributed by atoms with Crippen LogP contribution >= 0.6 is 34.8 Å². The maximum absolute atomic E-state index is 6.29. The summed E-state index contributed by atoms with van der Waals surface area (Å²) in [6.07, 6.45) is 2.79. The molecule has 28 heavy (non-hydrogen) atoms. The number of benzene rings is 2. The molecule has 146 valence electrons. The van der Waals surface area contributed by atoms with Crippen molar-refractivity contribution < 1.29 is 14.2 Å². The van der Waals surface area contributed by atoms with Crippen LogP contribution in [0.5, 0.6) is 5.75 Å². The molecule has 9 heteroatoms.